The molecule has 0 aliphatic heterocycles. The maximum atomic E-state index is 12.4. The fourth-order valence-corrected chi connectivity index (χ4v) is 3.97. The van der Waals surface area contributed by atoms with Crippen LogP contribution in [0.2, 0.25) is 0 Å². The van der Waals surface area contributed by atoms with E-state index in [1.807, 2.05) is 63.2 Å². The highest BCUT2D eigenvalue weighted by atomic mass is 32.2. The Hall–Kier alpha value is -2.71. The Kier molecular flexibility index (Phi) is 6.43. The second-order valence-electron chi connectivity index (χ2n) is 6.23. The van der Waals surface area contributed by atoms with Gasteiger partial charge < -0.3 is 5.32 Å². The number of hydrogen-bond donors (Lipinski definition) is 2. The average Bonchev–Trinajstić information content (AvgIpc) is 3.06. The highest BCUT2D eigenvalue weighted by Gasteiger charge is 2.16. The van der Waals surface area contributed by atoms with E-state index in [2.05, 4.69) is 20.8 Å². The highest BCUT2D eigenvalue weighted by molar-refractivity contribution is 8.00. The summed E-state index contributed by atoms with van der Waals surface area (Å²) in [4.78, 5) is 25.6. The van der Waals surface area contributed by atoms with Crippen molar-refractivity contribution in [3.05, 3.63) is 64.7 Å². The lowest BCUT2D eigenvalue weighted by Gasteiger charge is -2.12. The Bertz CT molecular complexity index is 1000. The Morgan fingerprint density at radius 1 is 1.04 bits per heavy atom. The number of benzene rings is 2. The molecule has 1 atom stereocenters. The molecule has 0 spiro atoms. The zero-order chi connectivity index (χ0) is 20.1. The molecule has 1 aromatic heterocycles. The molecule has 28 heavy (non-hydrogen) atoms. The molecular weight excluding hydrogens is 392 g/mol. The van der Waals surface area contributed by atoms with Crippen molar-refractivity contribution in [2.75, 3.05) is 10.6 Å². The first-order valence-corrected chi connectivity index (χ1v) is 10.4. The SMILES string of the molecule is Cc1cccc(C(=O)Nc2cccc(SC(C)C(=O)Nc3nnc(C)s3)c2)c1. The second kappa shape index (κ2) is 8.99. The quantitative estimate of drug-likeness (QED) is 0.581. The Morgan fingerprint density at radius 3 is 2.54 bits per heavy atom. The number of rotatable bonds is 6. The van der Waals surface area contributed by atoms with Gasteiger partial charge in [-0.15, -0.1) is 22.0 Å². The number of amides is 2. The molecule has 2 amide bonds. The van der Waals surface area contributed by atoms with Gasteiger partial charge in [0.2, 0.25) is 11.0 Å². The van der Waals surface area contributed by atoms with Crippen molar-refractivity contribution in [2.45, 2.75) is 30.9 Å². The molecule has 1 heterocycles. The summed E-state index contributed by atoms with van der Waals surface area (Å²) in [7, 11) is 0. The molecule has 0 aliphatic carbocycles. The van der Waals surface area contributed by atoms with Gasteiger partial charge in [0.15, 0.2) is 0 Å². The van der Waals surface area contributed by atoms with Crippen molar-refractivity contribution in [1.82, 2.24) is 10.2 Å². The van der Waals surface area contributed by atoms with E-state index in [-0.39, 0.29) is 17.1 Å². The molecule has 0 bridgehead atoms. The van der Waals surface area contributed by atoms with Crippen molar-refractivity contribution in [3.63, 3.8) is 0 Å². The van der Waals surface area contributed by atoms with Crippen LogP contribution in [0.3, 0.4) is 0 Å². The van der Waals surface area contributed by atoms with Crippen molar-refractivity contribution < 1.29 is 9.59 Å². The first-order valence-electron chi connectivity index (χ1n) is 8.66. The minimum Gasteiger partial charge on any atom is -0.322 e. The van der Waals surface area contributed by atoms with Gasteiger partial charge in [-0.2, -0.15) is 0 Å². The molecule has 2 aromatic carbocycles. The third-order valence-corrected chi connectivity index (χ3v) is 5.66. The molecule has 0 aliphatic rings. The molecule has 0 saturated heterocycles. The smallest absolute Gasteiger partial charge is 0.255 e. The van der Waals surface area contributed by atoms with E-state index in [1.54, 1.807) is 6.07 Å². The summed E-state index contributed by atoms with van der Waals surface area (Å²) in [5.74, 6) is -0.307. The summed E-state index contributed by atoms with van der Waals surface area (Å²) < 4.78 is 0. The number of nitrogens with zero attached hydrogens (tertiary/aromatic N) is 2. The zero-order valence-corrected chi connectivity index (χ0v) is 17.4. The fourth-order valence-electron chi connectivity index (χ4n) is 2.45. The second-order valence-corrected chi connectivity index (χ2v) is 8.82. The average molecular weight is 413 g/mol. The highest BCUT2D eigenvalue weighted by Crippen LogP contribution is 2.27. The lowest BCUT2D eigenvalue weighted by molar-refractivity contribution is -0.115. The standard InChI is InChI=1S/C20H20N4O2S2/c1-12-6-4-7-15(10-12)19(26)21-16-8-5-9-17(11-16)27-13(2)18(25)22-20-24-23-14(3)28-20/h4-11,13H,1-3H3,(H,21,26)(H,22,24,25). The third kappa shape index (κ3) is 5.40. The minimum atomic E-state index is -0.327. The van der Waals surface area contributed by atoms with Gasteiger partial charge in [-0.1, -0.05) is 35.1 Å². The van der Waals surface area contributed by atoms with Crippen LogP contribution in [-0.2, 0) is 4.79 Å². The Labute approximate surface area is 171 Å². The van der Waals surface area contributed by atoms with Crippen molar-refractivity contribution >= 4 is 45.7 Å². The van der Waals surface area contributed by atoms with Crippen LogP contribution in [0, 0.1) is 13.8 Å². The summed E-state index contributed by atoms with van der Waals surface area (Å²) in [6.45, 7) is 5.61. The van der Waals surface area contributed by atoms with Crippen LogP contribution in [-0.4, -0.2) is 27.3 Å². The molecule has 144 valence electrons. The Morgan fingerprint density at radius 2 is 1.82 bits per heavy atom. The number of anilines is 2. The number of aryl methyl sites for hydroxylation is 2. The zero-order valence-electron chi connectivity index (χ0n) is 15.7. The summed E-state index contributed by atoms with van der Waals surface area (Å²) >= 11 is 2.75. The van der Waals surface area contributed by atoms with Gasteiger partial charge in [-0.3, -0.25) is 14.9 Å². The summed E-state index contributed by atoms with van der Waals surface area (Å²) in [5.41, 5.74) is 2.32. The van der Waals surface area contributed by atoms with Gasteiger partial charge >= 0.3 is 0 Å². The van der Waals surface area contributed by atoms with E-state index >= 15 is 0 Å². The van der Waals surface area contributed by atoms with Gasteiger partial charge in [0.1, 0.15) is 5.01 Å². The number of carbonyl (C=O) groups is 2. The molecule has 3 aromatic rings. The Balaban J connectivity index is 1.62. The van der Waals surface area contributed by atoms with E-state index in [9.17, 15) is 9.59 Å². The lowest BCUT2D eigenvalue weighted by atomic mass is 10.1. The molecular formula is C20H20N4O2S2. The predicted molar refractivity (Wildman–Crippen MR) is 114 cm³/mol. The predicted octanol–water partition coefficient (Wildman–Crippen LogP) is 4.53. The maximum Gasteiger partial charge on any atom is 0.255 e. The summed E-state index contributed by atoms with van der Waals surface area (Å²) in [5, 5.41) is 14.4. The molecule has 6 nitrogen and oxygen atoms in total. The van der Waals surface area contributed by atoms with Gasteiger partial charge in [0.05, 0.1) is 5.25 Å². The number of aromatic nitrogens is 2. The topological polar surface area (TPSA) is 84.0 Å². The number of thioether (sulfide) groups is 1. The number of carbonyl (C=O) groups excluding carboxylic acids is 2. The van der Waals surface area contributed by atoms with Crippen LogP contribution in [0.25, 0.3) is 0 Å². The van der Waals surface area contributed by atoms with Crippen molar-refractivity contribution in [1.29, 1.82) is 0 Å². The monoisotopic (exact) mass is 412 g/mol. The molecule has 0 saturated carbocycles. The summed E-state index contributed by atoms with van der Waals surface area (Å²) in [6.07, 6.45) is 0. The van der Waals surface area contributed by atoms with Crippen molar-refractivity contribution in [2.24, 2.45) is 0 Å². The van der Waals surface area contributed by atoms with Crippen LogP contribution < -0.4 is 10.6 Å². The first-order chi connectivity index (χ1) is 13.4. The normalized spacial score (nSPS) is 11.7. The largest absolute Gasteiger partial charge is 0.322 e. The van der Waals surface area contributed by atoms with Crippen LogP contribution in [0.15, 0.2) is 53.4 Å². The fraction of sp³-hybridized carbons (Fsp3) is 0.200. The number of hydrogen-bond acceptors (Lipinski definition) is 6. The van der Waals surface area contributed by atoms with Gasteiger partial charge in [0.25, 0.3) is 5.91 Å². The molecule has 3 rings (SSSR count). The molecule has 8 heteroatoms. The first kappa shape index (κ1) is 20.0. The van der Waals surface area contributed by atoms with Crippen molar-refractivity contribution in [3.8, 4) is 0 Å². The lowest BCUT2D eigenvalue weighted by Crippen LogP contribution is -2.22. The van der Waals surface area contributed by atoms with E-state index in [0.29, 0.717) is 16.4 Å². The third-order valence-electron chi connectivity index (χ3n) is 3.81. The van der Waals surface area contributed by atoms with Crippen LogP contribution in [0.1, 0.15) is 27.9 Å². The van der Waals surface area contributed by atoms with E-state index in [1.165, 1.54) is 23.1 Å². The van der Waals surface area contributed by atoms with Gasteiger partial charge in [-0.05, 0) is 51.1 Å². The van der Waals surface area contributed by atoms with E-state index < -0.39 is 0 Å². The molecule has 1 unspecified atom stereocenters. The van der Waals surface area contributed by atoms with Crippen LogP contribution in [0.5, 0.6) is 0 Å². The van der Waals surface area contributed by atoms with Crippen LogP contribution in [0.4, 0.5) is 10.8 Å². The minimum absolute atomic E-state index is 0.143. The van der Waals surface area contributed by atoms with E-state index in [4.69, 9.17) is 0 Å². The van der Waals surface area contributed by atoms with Crippen LogP contribution >= 0.6 is 23.1 Å². The molecule has 0 fully saturated rings. The van der Waals surface area contributed by atoms with Gasteiger partial charge in [-0.25, -0.2) is 0 Å². The van der Waals surface area contributed by atoms with E-state index in [0.717, 1.165) is 15.5 Å². The molecule has 0 radical (unpaired) electrons. The molecule has 2 N–H and O–H groups in total. The number of nitrogens with one attached hydrogen (secondary N) is 2. The van der Waals surface area contributed by atoms with Gasteiger partial charge in [0, 0.05) is 16.1 Å². The maximum absolute atomic E-state index is 12.4. The summed E-state index contributed by atoms with van der Waals surface area (Å²) in [6, 6.07) is 14.9.